The second-order valence-electron chi connectivity index (χ2n) is 12.2. The summed E-state index contributed by atoms with van der Waals surface area (Å²) in [6, 6.07) is 0. The fraction of sp³-hybridized carbons (Fsp3) is 0.912. The highest BCUT2D eigenvalue weighted by Crippen LogP contribution is 2.15. The maximum absolute atomic E-state index is 3.51. The number of unbranched alkanes of at least 4 members (excludes halogenated alkanes) is 22. The molecule has 2 nitrogen and oxygen atoms in total. The van der Waals surface area contributed by atoms with E-state index in [2.05, 4.69) is 42.7 Å². The molecule has 0 fully saturated rings. The van der Waals surface area contributed by atoms with Gasteiger partial charge in [-0.15, -0.1) is 0 Å². The number of hydrogen-bond acceptors (Lipinski definition) is 0. The first-order valence-electron chi connectivity index (χ1n) is 16.8. The molecule has 2 heteroatoms. The summed E-state index contributed by atoms with van der Waals surface area (Å²) in [7, 11) is 0. The van der Waals surface area contributed by atoms with Gasteiger partial charge in [-0.1, -0.05) is 162 Å². The molecule has 1 rings (SSSR count). The highest BCUT2D eigenvalue weighted by Gasteiger charge is 2.09. The van der Waals surface area contributed by atoms with Crippen molar-refractivity contribution in [1.29, 1.82) is 0 Å². The molecule has 1 N–H and O–H groups in total. The summed E-state index contributed by atoms with van der Waals surface area (Å²) in [5.74, 6) is 2.33. The van der Waals surface area contributed by atoms with Crippen LogP contribution in [-0.4, -0.2) is 4.98 Å². The number of aromatic amines is 1. The Morgan fingerprint density at radius 2 is 0.972 bits per heavy atom. The molecule has 36 heavy (non-hydrogen) atoms. The van der Waals surface area contributed by atoms with Crippen molar-refractivity contribution < 1.29 is 4.57 Å². The van der Waals surface area contributed by atoms with Crippen molar-refractivity contribution in [3.63, 3.8) is 0 Å². The van der Waals surface area contributed by atoms with Gasteiger partial charge in [-0.3, -0.25) is 0 Å². The highest BCUT2D eigenvalue weighted by molar-refractivity contribution is 4.77. The van der Waals surface area contributed by atoms with Crippen LogP contribution >= 0.6 is 0 Å². The van der Waals surface area contributed by atoms with Crippen molar-refractivity contribution >= 4 is 0 Å². The minimum Gasteiger partial charge on any atom is -0.248 e. The van der Waals surface area contributed by atoms with Crippen LogP contribution in [0.2, 0.25) is 0 Å². The zero-order chi connectivity index (χ0) is 25.9. The van der Waals surface area contributed by atoms with Crippen molar-refractivity contribution in [3.8, 4) is 0 Å². The fourth-order valence-corrected chi connectivity index (χ4v) is 5.56. The summed E-state index contributed by atoms with van der Waals surface area (Å²) < 4.78 is 2.49. The molecule has 0 atom stereocenters. The smallest absolute Gasteiger partial charge is 0.248 e. The molecule has 0 bridgehead atoms. The van der Waals surface area contributed by atoms with Crippen molar-refractivity contribution in [1.82, 2.24) is 4.98 Å². The van der Waals surface area contributed by atoms with E-state index in [9.17, 15) is 0 Å². The summed E-state index contributed by atoms with van der Waals surface area (Å²) in [4.78, 5) is 3.51. The lowest BCUT2D eigenvalue weighted by Crippen LogP contribution is -2.36. The number of imidazole rings is 1. The van der Waals surface area contributed by atoms with E-state index < -0.39 is 0 Å². The second kappa shape index (κ2) is 25.8. The predicted octanol–water partition coefficient (Wildman–Crippen LogP) is 11.3. The fourth-order valence-electron chi connectivity index (χ4n) is 5.56. The molecule has 0 aliphatic rings. The third-order valence-corrected chi connectivity index (χ3v) is 8.05. The third kappa shape index (κ3) is 21.3. The molecule has 0 unspecified atom stereocenters. The summed E-state index contributed by atoms with van der Waals surface area (Å²) in [5, 5.41) is 0. The van der Waals surface area contributed by atoms with Gasteiger partial charge in [0.05, 0.1) is 6.54 Å². The molecular formula is C34H67N2+. The van der Waals surface area contributed by atoms with Crippen LogP contribution in [0.4, 0.5) is 0 Å². The summed E-state index contributed by atoms with van der Waals surface area (Å²) >= 11 is 0. The van der Waals surface area contributed by atoms with E-state index >= 15 is 0 Å². The minimum absolute atomic E-state index is 0.882. The van der Waals surface area contributed by atoms with Crippen LogP contribution in [0.25, 0.3) is 0 Å². The van der Waals surface area contributed by atoms with Crippen LogP contribution in [0.5, 0.6) is 0 Å². The molecule has 1 aromatic rings. The van der Waals surface area contributed by atoms with Crippen LogP contribution in [-0.2, 0) is 13.0 Å². The maximum Gasteiger partial charge on any atom is 0.254 e. The molecule has 1 aromatic heterocycles. The highest BCUT2D eigenvalue weighted by atomic mass is 15.1. The number of aryl methyl sites for hydroxylation is 2. The summed E-state index contributed by atoms with van der Waals surface area (Å²) in [6.07, 6.45) is 41.5. The topological polar surface area (TPSA) is 19.7 Å². The van der Waals surface area contributed by atoms with Gasteiger partial charge in [0.2, 0.25) is 0 Å². The quantitative estimate of drug-likeness (QED) is 0.0866. The van der Waals surface area contributed by atoms with Gasteiger partial charge in [-0.2, -0.15) is 0 Å². The zero-order valence-electron chi connectivity index (χ0n) is 25.3. The van der Waals surface area contributed by atoms with Crippen LogP contribution < -0.4 is 4.57 Å². The lowest BCUT2D eigenvalue weighted by molar-refractivity contribution is -0.703. The maximum atomic E-state index is 3.51. The number of aromatic nitrogens is 2. The number of hydrogen-bond donors (Lipinski definition) is 1. The lowest BCUT2D eigenvalue weighted by atomic mass is 10.0. The molecule has 0 aliphatic heterocycles. The first-order chi connectivity index (χ1) is 17.7. The molecule has 212 valence electrons. The van der Waals surface area contributed by atoms with Crippen molar-refractivity contribution in [3.05, 3.63) is 18.2 Å². The minimum atomic E-state index is 0.882. The van der Waals surface area contributed by atoms with Crippen LogP contribution in [0.1, 0.15) is 187 Å². The predicted molar refractivity (Wildman–Crippen MR) is 161 cm³/mol. The van der Waals surface area contributed by atoms with Crippen LogP contribution in [0.3, 0.4) is 0 Å². The SMILES string of the molecule is CCCCCCCCCCCCCCCCC[n+]1cc[nH]c1CCCCCCCCCCCC(C)C. The molecule has 0 saturated heterocycles. The van der Waals surface area contributed by atoms with E-state index in [1.807, 2.05) is 0 Å². The van der Waals surface area contributed by atoms with Gasteiger partial charge in [-0.05, 0) is 25.2 Å². The standard InChI is InChI=1S/C34H66N2/c1-4-5-6-7-8-9-10-11-12-13-14-18-21-24-27-31-36-32-30-35-34(36)29-26-23-20-17-15-16-19-22-25-28-33(2)3/h30,32-33H,4-29,31H2,1-3H3/p+1. The second-order valence-corrected chi connectivity index (χ2v) is 12.2. The van der Waals surface area contributed by atoms with E-state index in [0.29, 0.717) is 0 Å². The summed E-state index contributed by atoms with van der Waals surface area (Å²) in [5.41, 5.74) is 0. The number of nitrogens with zero attached hydrogens (tertiary/aromatic N) is 1. The monoisotopic (exact) mass is 504 g/mol. The van der Waals surface area contributed by atoms with Gasteiger partial charge >= 0.3 is 0 Å². The Balaban J connectivity index is 1.86. The van der Waals surface area contributed by atoms with Gasteiger partial charge in [0.25, 0.3) is 5.82 Å². The molecule has 0 radical (unpaired) electrons. The summed E-state index contributed by atoms with van der Waals surface area (Å²) in [6.45, 7) is 8.19. The Morgan fingerprint density at radius 3 is 1.44 bits per heavy atom. The zero-order valence-corrected chi connectivity index (χ0v) is 25.3. The van der Waals surface area contributed by atoms with Crippen molar-refractivity contribution in [2.75, 3.05) is 0 Å². The average Bonchev–Trinajstić information content (AvgIpc) is 3.31. The Morgan fingerprint density at radius 1 is 0.556 bits per heavy atom. The van der Waals surface area contributed by atoms with Gasteiger partial charge < -0.3 is 0 Å². The van der Waals surface area contributed by atoms with Crippen molar-refractivity contribution in [2.45, 2.75) is 194 Å². The first-order valence-corrected chi connectivity index (χ1v) is 16.8. The third-order valence-electron chi connectivity index (χ3n) is 8.05. The van der Waals surface area contributed by atoms with Gasteiger partial charge in [0, 0.05) is 6.42 Å². The average molecular weight is 504 g/mol. The van der Waals surface area contributed by atoms with Crippen molar-refractivity contribution in [2.24, 2.45) is 5.92 Å². The van der Waals surface area contributed by atoms with Gasteiger partial charge in [0.1, 0.15) is 12.4 Å². The van der Waals surface area contributed by atoms with E-state index in [1.165, 1.54) is 179 Å². The lowest BCUT2D eigenvalue weighted by Gasteiger charge is -2.05. The Hall–Kier alpha value is -0.790. The van der Waals surface area contributed by atoms with Gasteiger partial charge in [-0.25, -0.2) is 9.55 Å². The van der Waals surface area contributed by atoms with Crippen LogP contribution in [0, 0.1) is 5.92 Å². The molecule has 0 spiro atoms. The Kier molecular flexibility index (Phi) is 23.9. The first kappa shape index (κ1) is 33.2. The molecule has 0 aromatic carbocycles. The number of rotatable bonds is 28. The van der Waals surface area contributed by atoms with E-state index in [4.69, 9.17) is 0 Å². The van der Waals surface area contributed by atoms with Crippen LogP contribution in [0.15, 0.2) is 12.4 Å². The Bertz CT molecular complexity index is 547. The Labute approximate surface area is 227 Å². The number of nitrogens with one attached hydrogen (secondary N) is 1. The van der Waals surface area contributed by atoms with E-state index in [-0.39, 0.29) is 0 Å². The van der Waals surface area contributed by atoms with E-state index in [1.54, 1.807) is 0 Å². The van der Waals surface area contributed by atoms with Gasteiger partial charge in [0.15, 0.2) is 0 Å². The normalized spacial score (nSPS) is 11.7. The molecule has 0 saturated carbocycles. The molecule has 0 aliphatic carbocycles. The van der Waals surface area contributed by atoms with E-state index in [0.717, 1.165) is 5.92 Å². The molecular weight excluding hydrogens is 436 g/mol. The molecule has 1 heterocycles. The number of H-pyrrole nitrogens is 1. The molecule has 0 amide bonds. The largest absolute Gasteiger partial charge is 0.254 e.